The first kappa shape index (κ1) is 15.0. The van der Waals surface area contributed by atoms with Crippen LogP contribution in [0.2, 0.25) is 0 Å². The summed E-state index contributed by atoms with van der Waals surface area (Å²) >= 11 is 0. The molecule has 0 bridgehead atoms. The zero-order valence-corrected chi connectivity index (χ0v) is 12.7. The van der Waals surface area contributed by atoms with Crippen molar-refractivity contribution < 1.29 is 9.90 Å². The van der Waals surface area contributed by atoms with Crippen LogP contribution in [-0.2, 0) is 17.9 Å². The van der Waals surface area contributed by atoms with Crippen molar-refractivity contribution in [3.05, 3.63) is 34.9 Å². The van der Waals surface area contributed by atoms with Crippen molar-refractivity contribution >= 4 is 5.91 Å². The summed E-state index contributed by atoms with van der Waals surface area (Å²) in [6.07, 6.45) is 2.23. The molecular weight excluding hydrogens is 250 g/mol. The molecule has 0 radical (unpaired) electrons. The molecule has 0 aromatic heterocycles. The van der Waals surface area contributed by atoms with E-state index in [1.54, 1.807) is 0 Å². The van der Waals surface area contributed by atoms with E-state index in [1.807, 2.05) is 24.8 Å². The first-order valence-corrected chi connectivity index (χ1v) is 7.60. The Hall–Kier alpha value is -1.35. The molecule has 3 nitrogen and oxygen atoms in total. The largest absolute Gasteiger partial charge is 0.388 e. The van der Waals surface area contributed by atoms with E-state index in [0.29, 0.717) is 13.0 Å². The van der Waals surface area contributed by atoms with E-state index < -0.39 is 6.10 Å². The molecule has 20 heavy (non-hydrogen) atoms. The van der Waals surface area contributed by atoms with Gasteiger partial charge in [0.2, 0.25) is 5.91 Å². The van der Waals surface area contributed by atoms with Crippen molar-refractivity contribution in [3.8, 4) is 0 Å². The number of nitrogens with zero attached hydrogens (tertiary/aromatic N) is 1. The van der Waals surface area contributed by atoms with Gasteiger partial charge in [0, 0.05) is 19.5 Å². The number of aliphatic hydroxyl groups excluding tert-OH is 1. The molecule has 1 aliphatic rings. The fourth-order valence-electron chi connectivity index (χ4n) is 2.65. The van der Waals surface area contributed by atoms with Gasteiger partial charge in [0.05, 0.1) is 6.10 Å². The lowest BCUT2D eigenvalue weighted by molar-refractivity contribution is -0.131. The highest BCUT2D eigenvalue weighted by atomic mass is 16.3. The van der Waals surface area contributed by atoms with Crippen molar-refractivity contribution in [2.75, 3.05) is 0 Å². The summed E-state index contributed by atoms with van der Waals surface area (Å²) in [7, 11) is 0. The Kier molecular flexibility index (Phi) is 4.81. The Balaban J connectivity index is 2.07. The standard InChI is InChI=1S/C17H25NO2/c1-4-5-6-16(19)18-10-14-8-7-13(9-15(14)11-18)17(20)12(2)3/h7-9,12,17,20H,4-6,10-11H2,1-3H3. The van der Waals surface area contributed by atoms with Crippen molar-refractivity contribution in [2.45, 2.75) is 59.2 Å². The highest BCUT2D eigenvalue weighted by Gasteiger charge is 2.24. The Morgan fingerprint density at radius 3 is 2.65 bits per heavy atom. The number of benzene rings is 1. The zero-order valence-electron chi connectivity index (χ0n) is 12.7. The zero-order chi connectivity index (χ0) is 14.7. The first-order valence-electron chi connectivity index (χ1n) is 7.60. The molecule has 0 saturated carbocycles. The molecular formula is C17H25NO2. The van der Waals surface area contributed by atoms with Gasteiger partial charge in [0.25, 0.3) is 0 Å². The van der Waals surface area contributed by atoms with E-state index in [2.05, 4.69) is 19.1 Å². The van der Waals surface area contributed by atoms with Crippen LogP contribution < -0.4 is 0 Å². The first-order chi connectivity index (χ1) is 9.52. The van der Waals surface area contributed by atoms with Crippen molar-refractivity contribution in [1.82, 2.24) is 4.90 Å². The third-order valence-corrected chi connectivity index (χ3v) is 4.02. The normalized spacial score (nSPS) is 15.6. The third-order valence-electron chi connectivity index (χ3n) is 4.02. The smallest absolute Gasteiger partial charge is 0.223 e. The summed E-state index contributed by atoms with van der Waals surface area (Å²) in [4.78, 5) is 14.0. The van der Waals surface area contributed by atoms with Crippen LogP contribution in [0.15, 0.2) is 18.2 Å². The fourth-order valence-corrected chi connectivity index (χ4v) is 2.65. The van der Waals surface area contributed by atoms with Crippen LogP contribution in [-0.4, -0.2) is 15.9 Å². The molecule has 2 rings (SSSR count). The Morgan fingerprint density at radius 2 is 2.00 bits per heavy atom. The minimum atomic E-state index is -0.426. The molecule has 0 spiro atoms. The highest BCUT2D eigenvalue weighted by Crippen LogP contribution is 2.29. The van der Waals surface area contributed by atoms with Gasteiger partial charge in [0.15, 0.2) is 0 Å². The van der Waals surface area contributed by atoms with Crippen LogP contribution in [0.1, 0.15) is 62.8 Å². The maximum atomic E-state index is 12.1. The maximum absolute atomic E-state index is 12.1. The van der Waals surface area contributed by atoms with E-state index >= 15 is 0 Å². The molecule has 1 aromatic rings. The molecule has 1 unspecified atom stereocenters. The molecule has 0 aliphatic carbocycles. The molecule has 1 amide bonds. The molecule has 0 saturated heterocycles. The van der Waals surface area contributed by atoms with E-state index in [9.17, 15) is 9.90 Å². The number of carbonyl (C=O) groups is 1. The lowest BCUT2D eigenvalue weighted by Gasteiger charge is -2.16. The minimum absolute atomic E-state index is 0.205. The van der Waals surface area contributed by atoms with Crippen LogP contribution in [0.4, 0.5) is 0 Å². The van der Waals surface area contributed by atoms with Gasteiger partial charge in [-0.25, -0.2) is 0 Å². The van der Waals surface area contributed by atoms with Gasteiger partial charge in [-0.15, -0.1) is 0 Å². The predicted octanol–water partition coefficient (Wildman–Crippen LogP) is 3.41. The topological polar surface area (TPSA) is 40.5 Å². The van der Waals surface area contributed by atoms with Gasteiger partial charge in [-0.2, -0.15) is 0 Å². The van der Waals surface area contributed by atoms with Crippen molar-refractivity contribution in [2.24, 2.45) is 5.92 Å². The van der Waals surface area contributed by atoms with Crippen molar-refractivity contribution in [3.63, 3.8) is 0 Å². The summed E-state index contributed by atoms with van der Waals surface area (Å²) in [6, 6.07) is 6.11. The number of fused-ring (bicyclic) bond motifs is 1. The molecule has 1 aromatic carbocycles. The molecule has 1 aliphatic heterocycles. The second-order valence-electron chi connectivity index (χ2n) is 6.07. The van der Waals surface area contributed by atoms with Gasteiger partial charge in [-0.1, -0.05) is 45.4 Å². The van der Waals surface area contributed by atoms with Crippen LogP contribution in [0, 0.1) is 5.92 Å². The number of aliphatic hydroxyl groups is 1. The SMILES string of the molecule is CCCCC(=O)N1Cc2ccc(C(O)C(C)C)cc2C1. The fraction of sp³-hybridized carbons (Fsp3) is 0.588. The summed E-state index contributed by atoms with van der Waals surface area (Å²) in [5.41, 5.74) is 3.36. The van der Waals surface area contributed by atoms with Gasteiger partial charge in [-0.05, 0) is 29.0 Å². The third kappa shape index (κ3) is 3.21. The van der Waals surface area contributed by atoms with Crippen LogP contribution in [0.25, 0.3) is 0 Å². The van der Waals surface area contributed by atoms with Crippen LogP contribution in [0.5, 0.6) is 0 Å². The molecule has 1 atom stereocenters. The second kappa shape index (κ2) is 6.40. The summed E-state index contributed by atoms with van der Waals surface area (Å²) in [5, 5.41) is 10.1. The molecule has 110 valence electrons. The number of unbranched alkanes of at least 4 members (excludes halogenated alkanes) is 1. The number of amides is 1. The van der Waals surface area contributed by atoms with Gasteiger partial charge < -0.3 is 10.0 Å². The summed E-state index contributed by atoms with van der Waals surface area (Å²) < 4.78 is 0. The van der Waals surface area contributed by atoms with Crippen molar-refractivity contribution in [1.29, 1.82) is 0 Å². The Labute approximate surface area is 121 Å². The maximum Gasteiger partial charge on any atom is 0.223 e. The lowest BCUT2D eigenvalue weighted by Crippen LogP contribution is -2.24. The van der Waals surface area contributed by atoms with Gasteiger partial charge >= 0.3 is 0 Å². The number of carbonyl (C=O) groups excluding carboxylic acids is 1. The highest BCUT2D eigenvalue weighted by molar-refractivity contribution is 5.77. The second-order valence-corrected chi connectivity index (χ2v) is 6.07. The van der Waals surface area contributed by atoms with Crippen LogP contribution in [0.3, 0.4) is 0 Å². The molecule has 0 fully saturated rings. The molecule has 1 N–H and O–H groups in total. The number of rotatable bonds is 5. The van der Waals surface area contributed by atoms with E-state index in [0.717, 1.165) is 24.9 Å². The predicted molar refractivity (Wildman–Crippen MR) is 80.0 cm³/mol. The number of hydrogen-bond acceptors (Lipinski definition) is 2. The summed E-state index contributed by atoms with van der Waals surface area (Å²) in [6.45, 7) is 7.54. The minimum Gasteiger partial charge on any atom is -0.388 e. The monoisotopic (exact) mass is 275 g/mol. The molecule has 3 heteroatoms. The van der Waals surface area contributed by atoms with E-state index in [4.69, 9.17) is 0 Å². The Morgan fingerprint density at radius 1 is 1.30 bits per heavy atom. The van der Waals surface area contributed by atoms with E-state index in [-0.39, 0.29) is 11.8 Å². The number of hydrogen-bond donors (Lipinski definition) is 1. The van der Waals surface area contributed by atoms with E-state index in [1.165, 1.54) is 11.1 Å². The lowest BCUT2D eigenvalue weighted by atomic mass is 9.96. The molecule has 1 heterocycles. The Bertz CT molecular complexity index is 482. The van der Waals surface area contributed by atoms with Gasteiger partial charge in [-0.3, -0.25) is 4.79 Å². The van der Waals surface area contributed by atoms with Gasteiger partial charge in [0.1, 0.15) is 0 Å². The average Bonchev–Trinajstić information content (AvgIpc) is 2.86. The van der Waals surface area contributed by atoms with Crippen LogP contribution >= 0.6 is 0 Å². The average molecular weight is 275 g/mol. The summed E-state index contributed by atoms with van der Waals surface area (Å²) in [5.74, 6) is 0.450. The quantitative estimate of drug-likeness (QED) is 0.894.